The van der Waals surface area contributed by atoms with E-state index in [1.165, 1.54) is 18.0 Å². The summed E-state index contributed by atoms with van der Waals surface area (Å²) >= 11 is 1.33. The van der Waals surface area contributed by atoms with E-state index in [0.717, 1.165) is 5.69 Å². The van der Waals surface area contributed by atoms with E-state index in [1.807, 2.05) is 30.3 Å². The summed E-state index contributed by atoms with van der Waals surface area (Å²) in [4.78, 5) is 23.6. The molecule has 0 atom stereocenters. The first-order chi connectivity index (χ1) is 11.7. The highest BCUT2D eigenvalue weighted by Crippen LogP contribution is 2.20. The van der Waals surface area contributed by atoms with Crippen molar-refractivity contribution in [3.05, 3.63) is 58.6 Å². The van der Waals surface area contributed by atoms with Gasteiger partial charge in [-0.1, -0.05) is 35.1 Å². The molecule has 120 valence electrons. The fraction of sp³-hybridized carbons (Fsp3) is 0.133. The fourth-order valence-corrected chi connectivity index (χ4v) is 2.96. The van der Waals surface area contributed by atoms with Crippen molar-refractivity contribution in [3.63, 3.8) is 0 Å². The van der Waals surface area contributed by atoms with Gasteiger partial charge < -0.3 is 9.51 Å². The number of hydrogen-bond donors (Lipinski definition) is 1. The number of nitrogens with zero attached hydrogens (tertiary/aromatic N) is 5. The highest BCUT2D eigenvalue weighted by Gasteiger charge is 2.12. The van der Waals surface area contributed by atoms with Crippen molar-refractivity contribution in [2.75, 3.05) is 0 Å². The van der Waals surface area contributed by atoms with Crippen LogP contribution in [0.1, 0.15) is 11.7 Å². The van der Waals surface area contributed by atoms with Crippen LogP contribution in [0, 0.1) is 6.92 Å². The number of aryl methyl sites for hydroxylation is 1. The lowest BCUT2D eigenvalue weighted by Gasteiger charge is -2.03. The molecule has 1 aromatic carbocycles. The van der Waals surface area contributed by atoms with Crippen molar-refractivity contribution in [3.8, 4) is 5.69 Å². The molecule has 0 aliphatic carbocycles. The van der Waals surface area contributed by atoms with E-state index in [4.69, 9.17) is 4.52 Å². The molecular weight excluding hydrogens is 328 g/mol. The number of rotatable bonds is 4. The maximum atomic E-state index is 12.2. The number of aromatic nitrogens is 6. The highest BCUT2D eigenvalue weighted by atomic mass is 32.2. The van der Waals surface area contributed by atoms with Crippen LogP contribution in [0.5, 0.6) is 0 Å². The molecule has 0 aliphatic heterocycles. The maximum Gasteiger partial charge on any atom is 0.262 e. The molecule has 24 heavy (non-hydrogen) atoms. The van der Waals surface area contributed by atoms with Crippen LogP contribution in [0.15, 0.2) is 51.0 Å². The molecular formula is C15H12N6O2S. The Labute approximate surface area is 139 Å². The van der Waals surface area contributed by atoms with Crippen LogP contribution in [0.3, 0.4) is 0 Å². The molecule has 3 aromatic heterocycles. The summed E-state index contributed by atoms with van der Waals surface area (Å²) in [5.41, 5.74) is 1.13. The van der Waals surface area contributed by atoms with E-state index < -0.39 is 0 Å². The van der Waals surface area contributed by atoms with Gasteiger partial charge in [0, 0.05) is 6.92 Å². The quantitative estimate of drug-likeness (QED) is 0.448. The lowest BCUT2D eigenvalue weighted by Crippen LogP contribution is -2.09. The lowest BCUT2D eigenvalue weighted by molar-refractivity contribution is 0.389. The number of H-pyrrole nitrogens is 1. The van der Waals surface area contributed by atoms with E-state index in [-0.39, 0.29) is 5.56 Å². The molecule has 3 heterocycles. The van der Waals surface area contributed by atoms with E-state index in [9.17, 15) is 4.79 Å². The minimum atomic E-state index is -0.228. The standard InChI is InChI=1S/C15H12N6O2S/c1-9-17-12(20-23-9)8-24-15-18-13-11(14(22)19-15)7-16-21(13)10-5-3-2-4-6-10/h2-7H,8H2,1H3,(H,18,19,22). The van der Waals surface area contributed by atoms with E-state index in [0.29, 0.717) is 33.7 Å². The summed E-state index contributed by atoms with van der Waals surface area (Å²) in [5, 5.41) is 9.02. The molecule has 0 spiro atoms. The van der Waals surface area contributed by atoms with Crippen molar-refractivity contribution in [1.82, 2.24) is 29.9 Å². The Morgan fingerprint density at radius 3 is 2.83 bits per heavy atom. The zero-order chi connectivity index (χ0) is 16.5. The second-order valence-electron chi connectivity index (χ2n) is 5.02. The minimum Gasteiger partial charge on any atom is -0.340 e. The first kappa shape index (κ1) is 14.6. The molecule has 0 bridgehead atoms. The first-order valence-electron chi connectivity index (χ1n) is 7.16. The molecule has 0 aliphatic rings. The van der Waals surface area contributed by atoms with Gasteiger partial charge in [0.05, 0.1) is 17.6 Å². The van der Waals surface area contributed by atoms with Crippen LogP contribution >= 0.6 is 11.8 Å². The summed E-state index contributed by atoms with van der Waals surface area (Å²) in [7, 11) is 0. The van der Waals surface area contributed by atoms with Crippen LogP contribution in [0.4, 0.5) is 0 Å². The summed E-state index contributed by atoms with van der Waals surface area (Å²) in [6.07, 6.45) is 1.52. The second kappa shape index (κ2) is 5.93. The summed E-state index contributed by atoms with van der Waals surface area (Å²) < 4.78 is 6.58. The Bertz CT molecular complexity index is 1050. The monoisotopic (exact) mass is 340 g/mol. The molecule has 0 saturated carbocycles. The van der Waals surface area contributed by atoms with Crippen molar-refractivity contribution in [2.45, 2.75) is 17.8 Å². The van der Waals surface area contributed by atoms with Gasteiger partial charge in [0.15, 0.2) is 16.6 Å². The predicted molar refractivity (Wildman–Crippen MR) is 88.1 cm³/mol. The lowest BCUT2D eigenvalue weighted by atomic mass is 10.3. The molecule has 0 fully saturated rings. The SMILES string of the molecule is Cc1nc(CSc2nc3c(cnn3-c3ccccc3)c(=O)[nH]2)no1. The third-order valence-electron chi connectivity index (χ3n) is 3.32. The summed E-state index contributed by atoms with van der Waals surface area (Å²) in [6.45, 7) is 1.73. The van der Waals surface area contributed by atoms with Crippen LogP contribution < -0.4 is 5.56 Å². The number of benzene rings is 1. The largest absolute Gasteiger partial charge is 0.340 e. The third kappa shape index (κ3) is 2.69. The van der Waals surface area contributed by atoms with Gasteiger partial charge in [-0.2, -0.15) is 10.1 Å². The van der Waals surface area contributed by atoms with E-state index >= 15 is 0 Å². The number of fused-ring (bicyclic) bond motifs is 1. The highest BCUT2D eigenvalue weighted by molar-refractivity contribution is 7.98. The number of para-hydroxylation sites is 1. The normalized spacial score (nSPS) is 11.2. The summed E-state index contributed by atoms with van der Waals surface area (Å²) in [5.74, 6) is 1.51. The van der Waals surface area contributed by atoms with Gasteiger partial charge in [0.2, 0.25) is 5.89 Å². The van der Waals surface area contributed by atoms with Gasteiger partial charge >= 0.3 is 0 Å². The first-order valence-corrected chi connectivity index (χ1v) is 8.15. The Morgan fingerprint density at radius 1 is 1.25 bits per heavy atom. The van der Waals surface area contributed by atoms with E-state index in [2.05, 4.69) is 25.2 Å². The smallest absolute Gasteiger partial charge is 0.262 e. The number of hydrogen-bond acceptors (Lipinski definition) is 7. The van der Waals surface area contributed by atoms with Crippen molar-refractivity contribution < 1.29 is 4.52 Å². The number of thioether (sulfide) groups is 1. The molecule has 9 heteroatoms. The van der Waals surface area contributed by atoms with Gasteiger partial charge in [0.1, 0.15) is 5.39 Å². The fourth-order valence-electron chi connectivity index (χ4n) is 2.26. The Kier molecular flexibility index (Phi) is 3.62. The predicted octanol–water partition coefficient (Wildman–Crippen LogP) is 2.09. The molecule has 4 aromatic rings. The van der Waals surface area contributed by atoms with Gasteiger partial charge in [-0.15, -0.1) is 0 Å². The molecule has 0 amide bonds. The molecule has 0 saturated heterocycles. The van der Waals surface area contributed by atoms with Crippen LogP contribution in [0.25, 0.3) is 16.7 Å². The Morgan fingerprint density at radius 2 is 2.08 bits per heavy atom. The van der Waals surface area contributed by atoms with Gasteiger partial charge in [0.25, 0.3) is 5.56 Å². The second-order valence-corrected chi connectivity index (χ2v) is 5.98. The molecule has 1 N–H and O–H groups in total. The maximum absolute atomic E-state index is 12.2. The number of nitrogens with one attached hydrogen (secondary N) is 1. The zero-order valence-corrected chi connectivity index (χ0v) is 13.4. The van der Waals surface area contributed by atoms with Crippen molar-refractivity contribution >= 4 is 22.8 Å². The van der Waals surface area contributed by atoms with Gasteiger partial charge in [-0.05, 0) is 12.1 Å². The van der Waals surface area contributed by atoms with Gasteiger partial charge in [-0.3, -0.25) is 4.79 Å². The van der Waals surface area contributed by atoms with Crippen molar-refractivity contribution in [2.24, 2.45) is 0 Å². The molecule has 0 radical (unpaired) electrons. The van der Waals surface area contributed by atoms with Crippen LogP contribution in [0.2, 0.25) is 0 Å². The average Bonchev–Trinajstić information content (AvgIpc) is 3.20. The number of aromatic amines is 1. The van der Waals surface area contributed by atoms with E-state index in [1.54, 1.807) is 11.6 Å². The average molecular weight is 340 g/mol. The molecule has 4 rings (SSSR count). The van der Waals surface area contributed by atoms with Crippen LogP contribution in [-0.2, 0) is 5.75 Å². The third-order valence-corrected chi connectivity index (χ3v) is 4.19. The van der Waals surface area contributed by atoms with Gasteiger partial charge in [-0.25, -0.2) is 9.67 Å². The Hall–Kier alpha value is -2.94. The zero-order valence-electron chi connectivity index (χ0n) is 12.6. The summed E-state index contributed by atoms with van der Waals surface area (Å²) in [6, 6.07) is 9.55. The van der Waals surface area contributed by atoms with Crippen LogP contribution in [-0.4, -0.2) is 29.9 Å². The molecule has 0 unspecified atom stereocenters. The van der Waals surface area contributed by atoms with Crippen molar-refractivity contribution in [1.29, 1.82) is 0 Å². The topological polar surface area (TPSA) is 102 Å². The molecule has 8 nitrogen and oxygen atoms in total. The minimum absolute atomic E-state index is 0.228. The Balaban J connectivity index is 1.71.